The zero-order chi connectivity index (χ0) is 27.4. The number of aromatic nitrogens is 1. The number of ether oxygens (including phenoxy) is 1. The fourth-order valence-corrected chi connectivity index (χ4v) is 8.44. The fraction of sp³-hybridized carbons (Fsp3) is 0.308. The molecule has 2 amide bonds. The molecule has 2 aromatic carbocycles. The van der Waals surface area contributed by atoms with Crippen LogP contribution in [0.3, 0.4) is 0 Å². The number of benzene rings is 2. The zero-order valence-corrected chi connectivity index (χ0v) is 25.0. The highest BCUT2D eigenvalue weighted by Gasteiger charge is 2.54. The molecule has 200 valence electrons. The average Bonchev–Trinajstić information content (AvgIpc) is 3.28. The molecule has 1 saturated heterocycles. The van der Waals surface area contributed by atoms with E-state index in [1.165, 1.54) is 26.5 Å². The number of likely N-dealkylation sites (tertiary alicyclic amines) is 1. The van der Waals surface area contributed by atoms with E-state index in [9.17, 15) is 14.4 Å². The van der Waals surface area contributed by atoms with Crippen molar-refractivity contribution in [3.8, 4) is 5.75 Å². The number of thiazole rings is 1. The summed E-state index contributed by atoms with van der Waals surface area (Å²) in [6.45, 7) is 11.1. The van der Waals surface area contributed by atoms with Gasteiger partial charge in [-0.1, -0.05) is 47.7 Å². The van der Waals surface area contributed by atoms with Crippen molar-refractivity contribution < 1.29 is 23.5 Å². The minimum Gasteiger partial charge on any atom is -0.518 e. The molecule has 3 aromatic rings. The number of amides is 2. The largest absolute Gasteiger partial charge is 0.518 e. The summed E-state index contributed by atoms with van der Waals surface area (Å²) in [5.41, 5.74) is 1.39. The molecule has 3 unspecified atom stereocenters. The molecule has 1 aromatic heterocycles. The van der Waals surface area contributed by atoms with Crippen LogP contribution in [0.1, 0.15) is 6.92 Å². The highest BCUT2D eigenvalue weighted by atomic mass is 33.1. The Hall–Kier alpha value is -2.80. The number of fused-ring (bicyclic) bond motifs is 1. The van der Waals surface area contributed by atoms with E-state index in [-0.39, 0.29) is 12.5 Å². The molecule has 1 aliphatic heterocycles. The SMILES string of the molecule is C=C(C)C(C(=O)O[Si](C)(C)C)N1C(=O)C(NC(=O)COc2ccccc2)C1SSc1nc2ccccc2s1. The van der Waals surface area contributed by atoms with E-state index in [1.807, 2.05) is 62.1 Å². The standard InChI is InChI=1S/C26H29N3O5S3Si/c1-16(2)22(25(32)34-38(3,4)5)29-23(31)21(28-20(30)15-33-17-11-7-6-8-12-17)24(29)36-37-26-27-18-13-9-10-14-19(18)35-26/h6-14,21-22,24H,1,15H2,2-5H3,(H,28,30). The summed E-state index contributed by atoms with van der Waals surface area (Å²) in [6.07, 6.45) is 0. The normalized spacial score (nSPS) is 18.0. The lowest BCUT2D eigenvalue weighted by Crippen LogP contribution is -2.73. The molecule has 2 heterocycles. The van der Waals surface area contributed by atoms with Crippen LogP contribution in [-0.4, -0.2) is 60.0 Å². The first-order chi connectivity index (χ1) is 18.0. The Balaban J connectivity index is 1.51. The summed E-state index contributed by atoms with van der Waals surface area (Å²) in [4.78, 5) is 45.3. The fourth-order valence-electron chi connectivity index (χ4n) is 3.76. The van der Waals surface area contributed by atoms with Gasteiger partial charge in [0.05, 0.1) is 10.2 Å². The van der Waals surface area contributed by atoms with Gasteiger partial charge < -0.3 is 19.4 Å². The van der Waals surface area contributed by atoms with Crippen molar-refractivity contribution in [1.82, 2.24) is 15.2 Å². The van der Waals surface area contributed by atoms with E-state index in [2.05, 4.69) is 16.9 Å². The van der Waals surface area contributed by atoms with Crippen molar-refractivity contribution in [3.63, 3.8) is 0 Å². The first-order valence-electron chi connectivity index (χ1n) is 11.9. The maximum atomic E-state index is 13.3. The molecule has 0 radical (unpaired) electrons. The van der Waals surface area contributed by atoms with E-state index in [1.54, 1.807) is 30.4 Å². The van der Waals surface area contributed by atoms with E-state index in [0.717, 1.165) is 14.6 Å². The number of hydrogen-bond acceptors (Lipinski definition) is 9. The van der Waals surface area contributed by atoms with Gasteiger partial charge in [-0.3, -0.25) is 14.4 Å². The Morgan fingerprint density at radius 2 is 1.84 bits per heavy atom. The lowest BCUT2D eigenvalue weighted by Gasteiger charge is -2.49. The molecular weight excluding hydrogens is 559 g/mol. The first kappa shape index (κ1) is 28.2. The Morgan fingerprint density at radius 3 is 2.50 bits per heavy atom. The van der Waals surface area contributed by atoms with Crippen LogP contribution in [-0.2, 0) is 18.8 Å². The first-order valence-corrected chi connectivity index (χ1v) is 18.3. The van der Waals surface area contributed by atoms with Crippen LogP contribution >= 0.6 is 32.9 Å². The smallest absolute Gasteiger partial charge is 0.319 e. The third-order valence-electron chi connectivity index (χ3n) is 5.38. The van der Waals surface area contributed by atoms with Crippen LogP contribution in [0.25, 0.3) is 10.2 Å². The second-order valence-corrected chi connectivity index (χ2v) is 17.7. The maximum Gasteiger partial charge on any atom is 0.319 e. The lowest BCUT2D eigenvalue weighted by atomic mass is 9.99. The number of hydrogen-bond donors (Lipinski definition) is 1. The van der Waals surface area contributed by atoms with E-state index in [0.29, 0.717) is 11.3 Å². The van der Waals surface area contributed by atoms with Crippen LogP contribution in [0, 0.1) is 0 Å². The van der Waals surface area contributed by atoms with Crippen molar-refractivity contribution in [3.05, 3.63) is 66.7 Å². The highest BCUT2D eigenvalue weighted by molar-refractivity contribution is 8.77. The number of β-lactam (4-membered cyclic amide) rings is 1. The summed E-state index contributed by atoms with van der Waals surface area (Å²) in [5.74, 6) is -0.754. The average molecular weight is 588 g/mol. The number of para-hydroxylation sites is 2. The maximum absolute atomic E-state index is 13.3. The second kappa shape index (κ2) is 11.9. The molecule has 12 heteroatoms. The van der Waals surface area contributed by atoms with Gasteiger partial charge in [-0.15, -0.1) is 11.3 Å². The number of carbonyl (C=O) groups is 3. The predicted molar refractivity (Wildman–Crippen MR) is 156 cm³/mol. The van der Waals surface area contributed by atoms with Gasteiger partial charge in [0, 0.05) is 0 Å². The van der Waals surface area contributed by atoms with Crippen LogP contribution < -0.4 is 10.1 Å². The Bertz CT molecular complexity index is 1310. The Kier molecular flexibility index (Phi) is 8.86. The van der Waals surface area contributed by atoms with Crippen LogP contribution in [0.4, 0.5) is 0 Å². The van der Waals surface area contributed by atoms with E-state index in [4.69, 9.17) is 9.16 Å². The summed E-state index contributed by atoms with van der Waals surface area (Å²) in [5, 5.41) is 2.24. The van der Waals surface area contributed by atoms with Crippen LogP contribution in [0.5, 0.6) is 5.75 Å². The minimum atomic E-state index is -2.22. The molecule has 0 saturated carbocycles. The van der Waals surface area contributed by atoms with Crippen molar-refractivity contribution in [2.75, 3.05) is 6.61 Å². The second-order valence-electron chi connectivity index (χ2n) is 9.69. The third kappa shape index (κ3) is 6.79. The molecule has 0 aliphatic carbocycles. The molecule has 3 atom stereocenters. The summed E-state index contributed by atoms with van der Waals surface area (Å²) < 4.78 is 13.1. The third-order valence-corrected chi connectivity index (χ3v) is 10.2. The Morgan fingerprint density at radius 1 is 1.16 bits per heavy atom. The minimum absolute atomic E-state index is 0.238. The van der Waals surface area contributed by atoms with Gasteiger partial charge in [-0.05, 0) is 67.2 Å². The predicted octanol–water partition coefficient (Wildman–Crippen LogP) is 5.09. The number of carbonyl (C=O) groups excluding carboxylic acids is 3. The Labute approximate surface area is 234 Å². The van der Waals surface area contributed by atoms with Crippen molar-refractivity contribution in [2.45, 2.75) is 48.4 Å². The number of nitrogens with one attached hydrogen (secondary N) is 1. The van der Waals surface area contributed by atoms with E-state index >= 15 is 0 Å². The molecule has 0 spiro atoms. The summed E-state index contributed by atoms with van der Waals surface area (Å²) in [6, 6.07) is 15.0. The van der Waals surface area contributed by atoms with E-state index < -0.39 is 37.7 Å². The van der Waals surface area contributed by atoms with Gasteiger partial charge in [0.15, 0.2) is 17.0 Å². The molecule has 1 N–H and O–H groups in total. The molecule has 8 nitrogen and oxygen atoms in total. The van der Waals surface area contributed by atoms with Gasteiger partial charge >= 0.3 is 5.97 Å². The topological polar surface area (TPSA) is 97.8 Å². The monoisotopic (exact) mass is 587 g/mol. The lowest BCUT2D eigenvalue weighted by molar-refractivity contribution is -0.159. The summed E-state index contributed by atoms with van der Waals surface area (Å²) in [7, 11) is 0.552. The van der Waals surface area contributed by atoms with Crippen molar-refractivity contribution in [1.29, 1.82) is 0 Å². The zero-order valence-electron chi connectivity index (χ0n) is 21.5. The quantitative estimate of drug-likeness (QED) is 0.143. The number of rotatable bonds is 11. The number of nitrogens with zero attached hydrogens (tertiary/aromatic N) is 2. The van der Waals surface area contributed by atoms with Crippen LogP contribution in [0.15, 0.2) is 71.1 Å². The van der Waals surface area contributed by atoms with Gasteiger partial charge in [-0.2, -0.15) is 0 Å². The van der Waals surface area contributed by atoms with Crippen molar-refractivity contribution in [2.24, 2.45) is 0 Å². The molecule has 0 bridgehead atoms. The molecule has 38 heavy (non-hydrogen) atoms. The van der Waals surface area contributed by atoms with Gasteiger partial charge in [0.1, 0.15) is 17.2 Å². The molecule has 1 fully saturated rings. The van der Waals surface area contributed by atoms with Gasteiger partial charge in [-0.25, -0.2) is 4.98 Å². The van der Waals surface area contributed by atoms with Crippen molar-refractivity contribution >= 4 is 69.2 Å². The highest BCUT2D eigenvalue weighted by Crippen LogP contribution is 2.45. The summed E-state index contributed by atoms with van der Waals surface area (Å²) >= 11 is 1.54. The molecular formula is C26H29N3O5S3Si. The van der Waals surface area contributed by atoms with Gasteiger partial charge in [0.2, 0.25) is 14.2 Å². The van der Waals surface area contributed by atoms with Gasteiger partial charge in [0.25, 0.3) is 5.91 Å². The molecule has 1 aliphatic rings. The molecule has 4 rings (SSSR count). The van der Waals surface area contributed by atoms with Crippen LogP contribution in [0.2, 0.25) is 19.6 Å².